The van der Waals surface area contributed by atoms with Gasteiger partial charge in [0.25, 0.3) is 5.91 Å². The Balaban J connectivity index is 1.33. The van der Waals surface area contributed by atoms with E-state index in [0.717, 1.165) is 29.9 Å². The molecule has 1 aliphatic heterocycles. The van der Waals surface area contributed by atoms with E-state index in [-0.39, 0.29) is 17.4 Å². The van der Waals surface area contributed by atoms with Gasteiger partial charge in [0.05, 0.1) is 5.56 Å². The zero-order chi connectivity index (χ0) is 24.1. The van der Waals surface area contributed by atoms with Crippen molar-refractivity contribution in [1.82, 2.24) is 9.80 Å². The molecule has 2 aromatic rings. The molecule has 1 aliphatic carbocycles. The molecule has 2 aliphatic rings. The minimum atomic E-state index is -0.861. The van der Waals surface area contributed by atoms with Gasteiger partial charge in [0.2, 0.25) is 5.91 Å². The zero-order valence-corrected chi connectivity index (χ0v) is 19.7. The van der Waals surface area contributed by atoms with E-state index in [9.17, 15) is 18.4 Å². The van der Waals surface area contributed by atoms with E-state index in [0.29, 0.717) is 32.0 Å². The fraction of sp³-hybridized carbons (Fsp3) is 0.481. The highest BCUT2D eigenvalue weighted by Gasteiger charge is 2.29. The molecule has 2 amide bonds. The third-order valence-corrected chi connectivity index (χ3v) is 7.21. The second kappa shape index (κ2) is 11.1. The zero-order valence-electron chi connectivity index (χ0n) is 19.7. The Morgan fingerprint density at radius 2 is 1.71 bits per heavy atom. The van der Waals surface area contributed by atoms with Crippen molar-refractivity contribution in [3.63, 3.8) is 0 Å². The van der Waals surface area contributed by atoms with Crippen molar-refractivity contribution < 1.29 is 18.4 Å². The van der Waals surface area contributed by atoms with Gasteiger partial charge in [0.15, 0.2) is 0 Å². The van der Waals surface area contributed by atoms with Crippen LogP contribution in [0.15, 0.2) is 42.5 Å². The topological polar surface area (TPSA) is 52.7 Å². The molecule has 5 nitrogen and oxygen atoms in total. The Morgan fingerprint density at radius 3 is 2.41 bits per heavy atom. The molecular formula is C27H33F2N3O2. The third kappa shape index (κ3) is 5.81. The lowest BCUT2D eigenvalue weighted by atomic mass is 9.94. The second-order valence-corrected chi connectivity index (χ2v) is 9.54. The summed E-state index contributed by atoms with van der Waals surface area (Å²) in [4.78, 5) is 29.6. The number of carbonyl (C=O) groups is 2. The van der Waals surface area contributed by atoms with E-state index >= 15 is 0 Å². The molecule has 4 rings (SSSR count). The van der Waals surface area contributed by atoms with Crippen LogP contribution in [0, 0.1) is 17.6 Å². The average Bonchev–Trinajstić information content (AvgIpc) is 2.85. The highest BCUT2D eigenvalue weighted by Crippen LogP contribution is 2.26. The summed E-state index contributed by atoms with van der Waals surface area (Å²) < 4.78 is 27.1. The number of nitrogens with one attached hydrogen (secondary N) is 1. The van der Waals surface area contributed by atoms with Crippen LogP contribution in [0.4, 0.5) is 14.5 Å². The van der Waals surface area contributed by atoms with Crippen LogP contribution in [0.5, 0.6) is 0 Å². The second-order valence-electron chi connectivity index (χ2n) is 9.54. The van der Waals surface area contributed by atoms with Gasteiger partial charge in [-0.1, -0.05) is 37.5 Å². The van der Waals surface area contributed by atoms with Gasteiger partial charge in [0, 0.05) is 43.3 Å². The van der Waals surface area contributed by atoms with Crippen LogP contribution in [-0.4, -0.2) is 47.8 Å². The molecule has 0 aromatic heterocycles. The SMILES string of the molecule is CN(Cc1ccccc1NC(=O)C1CCN(C(=O)c2ccc(F)cc2F)CC1)C1CCCCC1. The summed E-state index contributed by atoms with van der Waals surface area (Å²) in [5, 5.41) is 3.11. The summed E-state index contributed by atoms with van der Waals surface area (Å²) in [5.74, 6) is -2.30. The Hall–Kier alpha value is -2.80. The van der Waals surface area contributed by atoms with Crippen LogP contribution in [0.25, 0.3) is 0 Å². The first-order valence-corrected chi connectivity index (χ1v) is 12.3. The number of amides is 2. The summed E-state index contributed by atoms with van der Waals surface area (Å²) in [7, 11) is 2.16. The van der Waals surface area contributed by atoms with Crippen LogP contribution >= 0.6 is 0 Å². The maximum atomic E-state index is 14.0. The lowest BCUT2D eigenvalue weighted by Gasteiger charge is -2.32. The lowest BCUT2D eigenvalue weighted by molar-refractivity contribution is -0.121. The fourth-order valence-electron chi connectivity index (χ4n) is 5.11. The van der Waals surface area contributed by atoms with E-state index in [1.165, 1.54) is 43.1 Å². The van der Waals surface area contributed by atoms with Crippen molar-refractivity contribution in [1.29, 1.82) is 0 Å². The number of benzene rings is 2. The van der Waals surface area contributed by atoms with E-state index in [1.54, 1.807) is 0 Å². The van der Waals surface area contributed by atoms with Crippen LogP contribution in [-0.2, 0) is 11.3 Å². The van der Waals surface area contributed by atoms with Crippen LogP contribution in [0.2, 0.25) is 0 Å². The lowest BCUT2D eigenvalue weighted by Crippen LogP contribution is -2.41. The van der Waals surface area contributed by atoms with E-state index in [4.69, 9.17) is 0 Å². The molecule has 2 fully saturated rings. The molecule has 34 heavy (non-hydrogen) atoms. The molecule has 182 valence electrons. The molecule has 1 saturated heterocycles. The molecule has 1 heterocycles. The first kappa shape index (κ1) is 24.3. The number of nitrogens with zero attached hydrogens (tertiary/aromatic N) is 2. The first-order valence-electron chi connectivity index (χ1n) is 12.3. The van der Waals surface area contributed by atoms with Gasteiger partial charge in [0.1, 0.15) is 11.6 Å². The minimum absolute atomic E-state index is 0.0483. The van der Waals surface area contributed by atoms with Gasteiger partial charge in [-0.15, -0.1) is 0 Å². The number of piperidine rings is 1. The molecule has 0 bridgehead atoms. The molecule has 1 saturated carbocycles. The van der Waals surface area contributed by atoms with E-state index in [1.807, 2.05) is 18.2 Å². The molecule has 0 spiro atoms. The predicted octanol–water partition coefficient (Wildman–Crippen LogP) is 5.22. The fourth-order valence-corrected chi connectivity index (χ4v) is 5.11. The quantitative estimate of drug-likeness (QED) is 0.631. The summed E-state index contributed by atoms with van der Waals surface area (Å²) in [6.07, 6.45) is 7.34. The number of rotatable bonds is 6. The first-order chi connectivity index (χ1) is 16.4. The molecule has 0 radical (unpaired) electrons. The standard InChI is InChI=1S/C27H33F2N3O2/c1-31(22-8-3-2-4-9-22)18-20-7-5-6-10-25(20)30-26(33)19-13-15-32(16-14-19)27(34)23-12-11-21(28)17-24(23)29/h5-7,10-12,17,19,22H,2-4,8-9,13-16,18H2,1H3,(H,30,33). The number of carbonyl (C=O) groups excluding carboxylic acids is 2. The van der Waals surface area contributed by atoms with Crippen LogP contribution < -0.4 is 5.32 Å². The molecule has 0 unspecified atom stereocenters. The number of halogens is 2. The summed E-state index contributed by atoms with van der Waals surface area (Å²) in [5.41, 5.74) is 1.80. The average molecular weight is 470 g/mol. The summed E-state index contributed by atoms with van der Waals surface area (Å²) in [6.45, 7) is 1.51. The normalized spacial score (nSPS) is 17.7. The summed E-state index contributed by atoms with van der Waals surface area (Å²) in [6, 6.07) is 11.5. The largest absolute Gasteiger partial charge is 0.339 e. The van der Waals surface area contributed by atoms with Crippen molar-refractivity contribution in [3.05, 3.63) is 65.2 Å². The number of hydrogen-bond acceptors (Lipinski definition) is 3. The highest BCUT2D eigenvalue weighted by atomic mass is 19.1. The Bertz CT molecular complexity index is 1010. The monoisotopic (exact) mass is 469 g/mol. The van der Waals surface area contributed by atoms with Crippen molar-refractivity contribution in [2.24, 2.45) is 5.92 Å². The van der Waals surface area contributed by atoms with Gasteiger partial charge >= 0.3 is 0 Å². The van der Waals surface area contributed by atoms with Gasteiger partial charge in [-0.05, 0) is 56.5 Å². The van der Waals surface area contributed by atoms with E-state index in [2.05, 4.69) is 23.3 Å². The summed E-state index contributed by atoms with van der Waals surface area (Å²) >= 11 is 0. The Labute approximate surface area is 200 Å². The number of hydrogen-bond donors (Lipinski definition) is 1. The predicted molar refractivity (Wildman–Crippen MR) is 128 cm³/mol. The molecule has 2 aromatic carbocycles. The molecule has 7 heteroatoms. The number of anilines is 1. The Kier molecular flexibility index (Phi) is 7.93. The minimum Gasteiger partial charge on any atom is -0.339 e. The highest BCUT2D eigenvalue weighted by molar-refractivity contribution is 5.95. The van der Waals surface area contributed by atoms with Crippen molar-refractivity contribution >= 4 is 17.5 Å². The maximum Gasteiger partial charge on any atom is 0.256 e. The smallest absolute Gasteiger partial charge is 0.256 e. The molecular weight excluding hydrogens is 436 g/mol. The van der Waals surface area contributed by atoms with Crippen LogP contribution in [0.1, 0.15) is 60.9 Å². The third-order valence-electron chi connectivity index (χ3n) is 7.21. The number of likely N-dealkylation sites (tertiary alicyclic amines) is 1. The van der Waals surface area contributed by atoms with Crippen molar-refractivity contribution in [2.75, 3.05) is 25.5 Å². The van der Waals surface area contributed by atoms with E-state index < -0.39 is 17.5 Å². The van der Waals surface area contributed by atoms with Gasteiger partial charge in [-0.25, -0.2) is 8.78 Å². The van der Waals surface area contributed by atoms with Gasteiger partial charge < -0.3 is 10.2 Å². The van der Waals surface area contributed by atoms with Crippen LogP contribution in [0.3, 0.4) is 0 Å². The van der Waals surface area contributed by atoms with Crippen molar-refractivity contribution in [3.8, 4) is 0 Å². The number of para-hydroxylation sites is 1. The maximum absolute atomic E-state index is 14.0. The van der Waals surface area contributed by atoms with Crippen molar-refractivity contribution in [2.45, 2.75) is 57.5 Å². The molecule has 1 N–H and O–H groups in total. The van der Waals surface area contributed by atoms with Gasteiger partial charge in [-0.2, -0.15) is 0 Å². The molecule has 0 atom stereocenters. The Morgan fingerprint density at radius 1 is 1.00 bits per heavy atom. The van der Waals surface area contributed by atoms with Gasteiger partial charge in [-0.3, -0.25) is 14.5 Å².